The number of sulfonamides is 1. The van der Waals surface area contributed by atoms with Gasteiger partial charge in [0.1, 0.15) is 17.4 Å². The lowest BCUT2D eigenvalue weighted by Gasteiger charge is -2.13. The molecule has 1 fully saturated rings. The molecule has 1 aliphatic rings. The molecule has 1 aromatic rings. The summed E-state index contributed by atoms with van der Waals surface area (Å²) in [4.78, 5) is -0.296. The molecule has 1 saturated heterocycles. The van der Waals surface area contributed by atoms with Crippen LogP contribution in [0.2, 0.25) is 0 Å². The summed E-state index contributed by atoms with van der Waals surface area (Å²) >= 11 is 0. The fourth-order valence-corrected chi connectivity index (χ4v) is 2.75. The Morgan fingerprint density at radius 2 is 2.07 bits per heavy atom. The zero-order chi connectivity index (χ0) is 10.9. The summed E-state index contributed by atoms with van der Waals surface area (Å²) in [5.41, 5.74) is 0. The van der Waals surface area contributed by atoms with E-state index in [0.717, 1.165) is 10.4 Å². The van der Waals surface area contributed by atoms with Crippen LogP contribution in [0.3, 0.4) is 0 Å². The van der Waals surface area contributed by atoms with E-state index in [1.165, 1.54) is 18.2 Å². The van der Waals surface area contributed by atoms with Crippen molar-refractivity contribution < 1.29 is 17.5 Å². The Balaban J connectivity index is 2.41. The van der Waals surface area contributed by atoms with Gasteiger partial charge in [-0.2, -0.15) is 4.31 Å². The lowest BCUT2D eigenvalue weighted by atomic mass is 10.4. The number of hydrogen-bond acceptors (Lipinski definition) is 3. The third-order valence-electron chi connectivity index (χ3n) is 2.17. The molecular formula is C9H10FNO3S. The third-order valence-corrected chi connectivity index (χ3v) is 4.03. The van der Waals surface area contributed by atoms with E-state index in [1.807, 2.05) is 0 Å². The molecule has 2 rings (SSSR count). The lowest BCUT2D eigenvalue weighted by molar-refractivity contribution is 0.172. The van der Waals surface area contributed by atoms with Crippen LogP contribution in [-0.2, 0) is 14.8 Å². The molecule has 0 atom stereocenters. The fraction of sp³-hybridized carbons (Fsp3) is 0.333. The Labute approximate surface area is 87.3 Å². The third kappa shape index (κ3) is 1.88. The molecule has 0 amide bonds. The number of benzene rings is 1. The van der Waals surface area contributed by atoms with Crippen molar-refractivity contribution in [3.05, 3.63) is 30.1 Å². The van der Waals surface area contributed by atoms with E-state index in [9.17, 15) is 12.8 Å². The molecule has 0 aliphatic carbocycles. The van der Waals surface area contributed by atoms with Gasteiger partial charge in [0.2, 0.25) is 10.0 Å². The van der Waals surface area contributed by atoms with Crippen molar-refractivity contribution in [3.63, 3.8) is 0 Å². The predicted octanol–water partition coefficient (Wildman–Crippen LogP) is 0.804. The zero-order valence-corrected chi connectivity index (χ0v) is 8.71. The first-order valence-corrected chi connectivity index (χ1v) is 5.89. The van der Waals surface area contributed by atoms with Gasteiger partial charge in [0.05, 0.1) is 6.61 Å². The van der Waals surface area contributed by atoms with E-state index >= 15 is 0 Å². The van der Waals surface area contributed by atoms with E-state index in [2.05, 4.69) is 0 Å². The van der Waals surface area contributed by atoms with Crippen LogP contribution in [0.15, 0.2) is 29.2 Å². The van der Waals surface area contributed by atoms with Crippen molar-refractivity contribution in [2.24, 2.45) is 0 Å². The van der Waals surface area contributed by atoms with E-state index in [-0.39, 0.29) is 18.2 Å². The summed E-state index contributed by atoms with van der Waals surface area (Å²) in [6, 6.07) is 5.33. The van der Waals surface area contributed by atoms with E-state index in [1.54, 1.807) is 0 Å². The second-order valence-electron chi connectivity index (χ2n) is 3.15. The van der Waals surface area contributed by atoms with Gasteiger partial charge in [0.15, 0.2) is 0 Å². The van der Waals surface area contributed by atoms with Gasteiger partial charge in [-0.1, -0.05) is 12.1 Å². The minimum absolute atomic E-state index is 0.00331. The second-order valence-corrected chi connectivity index (χ2v) is 5.05. The summed E-state index contributed by atoms with van der Waals surface area (Å²) in [5, 5.41) is 0. The molecule has 0 spiro atoms. The first-order chi connectivity index (χ1) is 7.12. The van der Waals surface area contributed by atoms with E-state index < -0.39 is 15.8 Å². The second kappa shape index (κ2) is 3.88. The number of nitrogens with zero attached hydrogens (tertiary/aromatic N) is 1. The maximum Gasteiger partial charge on any atom is 0.248 e. The summed E-state index contributed by atoms with van der Waals surface area (Å²) < 4.78 is 43.1. The molecule has 0 aromatic heterocycles. The normalized spacial score (nSPS) is 18.2. The van der Waals surface area contributed by atoms with Crippen molar-refractivity contribution in [3.8, 4) is 0 Å². The standard InChI is InChI=1S/C9H10FNO3S/c10-8-3-1-2-4-9(8)15(12,13)11-5-6-14-7-11/h1-4H,5-7H2. The van der Waals surface area contributed by atoms with Crippen LogP contribution in [0.1, 0.15) is 0 Å². The lowest BCUT2D eigenvalue weighted by Crippen LogP contribution is -2.29. The fourth-order valence-electron chi connectivity index (χ4n) is 1.38. The highest BCUT2D eigenvalue weighted by Gasteiger charge is 2.29. The van der Waals surface area contributed by atoms with E-state index in [0.29, 0.717) is 6.61 Å². The van der Waals surface area contributed by atoms with Gasteiger partial charge in [-0.25, -0.2) is 12.8 Å². The van der Waals surface area contributed by atoms with Crippen LogP contribution in [0.5, 0.6) is 0 Å². The smallest absolute Gasteiger partial charge is 0.248 e. The highest BCUT2D eigenvalue weighted by molar-refractivity contribution is 7.89. The molecule has 1 aliphatic heterocycles. The van der Waals surface area contributed by atoms with Crippen molar-refractivity contribution >= 4 is 10.0 Å². The zero-order valence-electron chi connectivity index (χ0n) is 7.89. The summed E-state index contributed by atoms with van der Waals surface area (Å²) in [6.07, 6.45) is 0. The average molecular weight is 231 g/mol. The molecule has 0 radical (unpaired) electrons. The number of hydrogen-bond donors (Lipinski definition) is 0. The van der Waals surface area contributed by atoms with Crippen molar-refractivity contribution in [2.75, 3.05) is 19.9 Å². The Morgan fingerprint density at radius 3 is 2.67 bits per heavy atom. The number of ether oxygens (including phenoxy) is 1. The summed E-state index contributed by atoms with van der Waals surface area (Å²) in [5.74, 6) is -0.732. The molecule has 0 unspecified atom stereocenters. The monoisotopic (exact) mass is 231 g/mol. The van der Waals surface area contributed by atoms with Gasteiger partial charge < -0.3 is 4.74 Å². The van der Waals surface area contributed by atoms with Crippen LogP contribution in [0.4, 0.5) is 4.39 Å². The Morgan fingerprint density at radius 1 is 1.33 bits per heavy atom. The summed E-state index contributed by atoms with van der Waals surface area (Å²) in [7, 11) is -3.74. The van der Waals surface area contributed by atoms with Crippen LogP contribution in [-0.4, -0.2) is 32.6 Å². The van der Waals surface area contributed by atoms with Crippen LogP contribution >= 0.6 is 0 Å². The van der Waals surface area contributed by atoms with Crippen molar-refractivity contribution in [1.82, 2.24) is 4.31 Å². The predicted molar refractivity (Wildman–Crippen MR) is 51.1 cm³/mol. The molecule has 15 heavy (non-hydrogen) atoms. The van der Waals surface area contributed by atoms with Gasteiger partial charge in [-0.15, -0.1) is 0 Å². The average Bonchev–Trinajstić information content (AvgIpc) is 2.71. The maximum atomic E-state index is 13.3. The molecule has 0 saturated carbocycles. The molecule has 0 N–H and O–H groups in total. The highest BCUT2D eigenvalue weighted by Crippen LogP contribution is 2.20. The first kappa shape index (κ1) is 10.5. The molecule has 6 heteroatoms. The topological polar surface area (TPSA) is 46.6 Å². The molecule has 4 nitrogen and oxygen atoms in total. The summed E-state index contributed by atoms with van der Waals surface area (Å²) in [6.45, 7) is 0.626. The van der Waals surface area contributed by atoms with Crippen molar-refractivity contribution in [1.29, 1.82) is 0 Å². The van der Waals surface area contributed by atoms with Crippen LogP contribution in [0, 0.1) is 5.82 Å². The molecular weight excluding hydrogens is 221 g/mol. The van der Waals surface area contributed by atoms with Crippen LogP contribution in [0.25, 0.3) is 0 Å². The van der Waals surface area contributed by atoms with E-state index in [4.69, 9.17) is 4.74 Å². The molecule has 82 valence electrons. The Kier molecular flexibility index (Phi) is 2.72. The van der Waals surface area contributed by atoms with Gasteiger partial charge >= 0.3 is 0 Å². The highest BCUT2D eigenvalue weighted by atomic mass is 32.2. The van der Waals surface area contributed by atoms with Gasteiger partial charge in [0, 0.05) is 6.54 Å². The molecule has 1 heterocycles. The quantitative estimate of drug-likeness (QED) is 0.756. The van der Waals surface area contributed by atoms with Crippen molar-refractivity contribution in [2.45, 2.75) is 4.90 Å². The first-order valence-electron chi connectivity index (χ1n) is 4.45. The van der Waals surface area contributed by atoms with Gasteiger partial charge in [-0.3, -0.25) is 0 Å². The number of halogens is 1. The minimum Gasteiger partial charge on any atom is -0.364 e. The van der Waals surface area contributed by atoms with Gasteiger partial charge in [0.25, 0.3) is 0 Å². The van der Waals surface area contributed by atoms with Gasteiger partial charge in [-0.05, 0) is 12.1 Å². The maximum absolute atomic E-state index is 13.3. The SMILES string of the molecule is O=S(=O)(c1ccccc1F)N1CCOC1. The number of rotatable bonds is 2. The Bertz CT molecular complexity index is 454. The minimum atomic E-state index is -3.74. The molecule has 1 aromatic carbocycles. The largest absolute Gasteiger partial charge is 0.364 e. The molecule has 0 bridgehead atoms. The Hall–Kier alpha value is -0.980. The van der Waals surface area contributed by atoms with Crippen LogP contribution < -0.4 is 0 Å².